The predicted octanol–water partition coefficient (Wildman–Crippen LogP) is 3.84. The SMILES string of the molecule is COC(=O)c1cc(C23CC4CC(CC(C4)C2)C3)oc1C. The number of methoxy groups -OCH3 is 1. The molecule has 5 rings (SSSR count). The summed E-state index contributed by atoms with van der Waals surface area (Å²) in [5, 5.41) is 0. The number of hydrogen-bond donors (Lipinski definition) is 0. The summed E-state index contributed by atoms with van der Waals surface area (Å²) in [4.78, 5) is 11.8. The quantitative estimate of drug-likeness (QED) is 0.769. The smallest absolute Gasteiger partial charge is 0.341 e. The van der Waals surface area contributed by atoms with Crippen molar-refractivity contribution in [3.63, 3.8) is 0 Å². The first-order chi connectivity index (χ1) is 9.59. The van der Waals surface area contributed by atoms with Gasteiger partial charge in [0.15, 0.2) is 0 Å². The minimum Gasteiger partial charge on any atom is -0.465 e. The summed E-state index contributed by atoms with van der Waals surface area (Å²) >= 11 is 0. The Morgan fingerprint density at radius 2 is 1.75 bits per heavy atom. The number of ether oxygens (including phenoxy) is 1. The molecule has 4 bridgehead atoms. The molecule has 1 aromatic rings. The Morgan fingerprint density at radius 1 is 1.20 bits per heavy atom. The van der Waals surface area contributed by atoms with Gasteiger partial charge in [-0.25, -0.2) is 4.79 Å². The lowest BCUT2D eigenvalue weighted by Gasteiger charge is -2.55. The fraction of sp³-hybridized carbons (Fsp3) is 0.706. The topological polar surface area (TPSA) is 39.4 Å². The summed E-state index contributed by atoms with van der Waals surface area (Å²) in [5.41, 5.74) is 0.824. The van der Waals surface area contributed by atoms with E-state index in [0.29, 0.717) is 11.3 Å². The van der Waals surface area contributed by atoms with Crippen LogP contribution in [0.2, 0.25) is 0 Å². The minimum atomic E-state index is -0.276. The van der Waals surface area contributed by atoms with Gasteiger partial charge in [-0.15, -0.1) is 0 Å². The average molecular weight is 274 g/mol. The molecule has 1 heterocycles. The molecule has 0 radical (unpaired) electrons. The van der Waals surface area contributed by atoms with Crippen LogP contribution >= 0.6 is 0 Å². The van der Waals surface area contributed by atoms with E-state index in [9.17, 15) is 4.79 Å². The molecule has 0 saturated heterocycles. The van der Waals surface area contributed by atoms with E-state index in [0.717, 1.165) is 23.5 Å². The van der Waals surface area contributed by atoms with Gasteiger partial charge in [-0.3, -0.25) is 0 Å². The van der Waals surface area contributed by atoms with E-state index in [1.54, 1.807) is 0 Å². The molecule has 108 valence electrons. The molecule has 0 aromatic carbocycles. The van der Waals surface area contributed by atoms with Crippen molar-refractivity contribution in [1.82, 2.24) is 0 Å². The summed E-state index contributed by atoms with van der Waals surface area (Å²) < 4.78 is 10.9. The molecular weight excluding hydrogens is 252 g/mol. The van der Waals surface area contributed by atoms with Crippen LogP contribution in [0.1, 0.15) is 60.4 Å². The normalized spacial score (nSPS) is 38.2. The van der Waals surface area contributed by atoms with Crippen LogP contribution in [0.4, 0.5) is 0 Å². The van der Waals surface area contributed by atoms with Crippen molar-refractivity contribution in [3.05, 3.63) is 23.2 Å². The van der Waals surface area contributed by atoms with Gasteiger partial charge in [0, 0.05) is 5.41 Å². The van der Waals surface area contributed by atoms with Crippen molar-refractivity contribution in [2.75, 3.05) is 7.11 Å². The Labute approximate surface area is 119 Å². The van der Waals surface area contributed by atoms with Crippen LogP contribution < -0.4 is 0 Å². The summed E-state index contributed by atoms with van der Waals surface area (Å²) in [6, 6.07) is 1.97. The molecule has 0 N–H and O–H groups in total. The summed E-state index contributed by atoms with van der Waals surface area (Å²) in [6.07, 6.45) is 8.03. The Hall–Kier alpha value is -1.25. The van der Waals surface area contributed by atoms with Crippen molar-refractivity contribution in [2.24, 2.45) is 17.8 Å². The molecule has 0 spiro atoms. The number of carbonyl (C=O) groups is 1. The molecule has 20 heavy (non-hydrogen) atoms. The van der Waals surface area contributed by atoms with Crippen LogP contribution in [-0.4, -0.2) is 13.1 Å². The first-order valence-electron chi connectivity index (χ1n) is 7.79. The lowest BCUT2D eigenvalue weighted by Crippen LogP contribution is -2.48. The number of furan rings is 1. The lowest BCUT2D eigenvalue weighted by atomic mass is 9.49. The zero-order chi connectivity index (χ0) is 13.9. The van der Waals surface area contributed by atoms with Gasteiger partial charge >= 0.3 is 5.97 Å². The van der Waals surface area contributed by atoms with E-state index in [-0.39, 0.29) is 11.4 Å². The van der Waals surface area contributed by atoms with Gasteiger partial charge in [-0.05, 0) is 69.3 Å². The second kappa shape index (κ2) is 4.12. The first-order valence-corrected chi connectivity index (χ1v) is 7.79. The van der Waals surface area contributed by atoms with Gasteiger partial charge in [0.1, 0.15) is 17.1 Å². The minimum absolute atomic E-state index is 0.214. The average Bonchev–Trinajstić information content (AvgIpc) is 2.79. The Kier molecular flexibility index (Phi) is 2.57. The van der Waals surface area contributed by atoms with Crippen LogP contribution in [0.5, 0.6) is 0 Å². The van der Waals surface area contributed by atoms with E-state index in [1.807, 2.05) is 13.0 Å². The van der Waals surface area contributed by atoms with Crippen molar-refractivity contribution in [2.45, 2.75) is 50.9 Å². The predicted molar refractivity (Wildman–Crippen MR) is 74.6 cm³/mol. The van der Waals surface area contributed by atoms with Crippen LogP contribution in [0.25, 0.3) is 0 Å². The number of esters is 1. The second-order valence-electron chi connectivity index (χ2n) is 7.27. The molecule has 4 aliphatic rings. The standard InChI is InChI=1S/C17H22O3/c1-10-14(16(18)19-2)6-15(20-10)17-7-11-3-12(8-17)5-13(4-11)9-17/h6,11-13H,3-5,7-9H2,1-2H3. The van der Waals surface area contributed by atoms with Crippen LogP contribution in [-0.2, 0) is 10.2 Å². The fourth-order valence-electron chi connectivity index (χ4n) is 5.47. The summed E-state index contributed by atoms with van der Waals surface area (Å²) in [5.74, 6) is 4.13. The van der Waals surface area contributed by atoms with Crippen LogP contribution in [0.15, 0.2) is 10.5 Å². The van der Waals surface area contributed by atoms with Crippen molar-refractivity contribution in [3.8, 4) is 0 Å². The summed E-state index contributed by atoms with van der Waals surface area (Å²) in [7, 11) is 1.43. The summed E-state index contributed by atoms with van der Waals surface area (Å²) in [6.45, 7) is 1.87. The first kappa shape index (κ1) is 12.5. The van der Waals surface area contributed by atoms with Gasteiger partial charge in [-0.1, -0.05) is 0 Å². The number of hydrogen-bond acceptors (Lipinski definition) is 3. The van der Waals surface area contributed by atoms with Gasteiger partial charge in [0.05, 0.1) is 7.11 Å². The van der Waals surface area contributed by atoms with Gasteiger partial charge < -0.3 is 9.15 Å². The van der Waals surface area contributed by atoms with Gasteiger partial charge in [-0.2, -0.15) is 0 Å². The number of carbonyl (C=O) groups excluding carboxylic acids is 1. The number of aryl methyl sites for hydroxylation is 1. The second-order valence-corrected chi connectivity index (χ2v) is 7.27. The highest BCUT2D eigenvalue weighted by Crippen LogP contribution is 2.61. The maximum atomic E-state index is 11.8. The Bertz CT molecular complexity index is 519. The highest BCUT2D eigenvalue weighted by atomic mass is 16.5. The largest absolute Gasteiger partial charge is 0.465 e. The Morgan fingerprint density at radius 3 is 2.25 bits per heavy atom. The molecule has 3 nitrogen and oxygen atoms in total. The molecule has 4 fully saturated rings. The molecule has 0 atom stereocenters. The maximum Gasteiger partial charge on any atom is 0.341 e. The van der Waals surface area contributed by atoms with Crippen LogP contribution in [0, 0.1) is 24.7 Å². The van der Waals surface area contributed by atoms with E-state index in [4.69, 9.17) is 9.15 Å². The van der Waals surface area contributed by atoms with Gasteiger partial charge in [0.2, 0.25) is 0 Å². The third-order valence-corrected chi connectivity index (χ3v) is 5.88. The van der Waals surface area contributed by atoms with Crippen molar-refractivity contribution in [1.29, 1.82) is 0 Å². The molecule has 4 saturated carbocycles. The van der Waals surface area contributed by atoms with Crippen molar-refractivity contribution < 1.29 is 13.9 Å². The molecule has 0 unspecified atom stereocenters. The molecule has 0 amide bonds. The molecule has 0 aliphatic heterocycles. The Balaban J connectivity index is 1.72. The zero-order valence-electron chi connectivity index (χ0n) is 12.3. The van der Waals surface area contributed by atoms with E-state index in [2.05, 4.69) is 0 Å². The van der Waals surface area contributed by atoms with E-state index in [1.165, 1.54) is 45.6 Å². The van der Waals surface area contributed by atoms with Gasteiger partial charge in [0.25, 0.3) is 0 Å². The fourth-order valence-corrected chi connectivity index (χ4v) is 5.47. The highest BCUT2D eigenvalue weighted by Gasteiger charge is 2.53. The van der Waals surface area contributed by atoms with E-state index >= 15 is 0 Å². The molecule has 1 aromatic heterocycles. The van der Waals surface area contributed by atoms with E-state index < -0.39 is 0 Å². The maximum absolute atomic E-state index is 11.8. The lowest BCUT2D eigenvalue weighted by molar-refractivity contribution is -0.0154. The molecular formula is C17H22O3. The number of rotatable bonds is 2. The monoisotopic (exact) mass is 274 g/mol. The van der Waals surface area contributed by atoms with Crippen molar-refractivity contribution >= 4 is 5.97 Å². The van der Waals surface area contributed by atoms with Crippen LogP contribution in [0.3, 0.4) is 0 Å². The third kappa shape index (κ3) is 1.68. The molecule has 3 heteroatoms. The molecule has 4 aliphatic carbocycles. The highest BCUT2D eigenvalue weighted by molar-refractivity contribution is 5.90. The zero-order valence-corrected chi connectivity index (χ0v) is 12.3. The third-order valence-electron chi connectivity index (χ3n) is 5.88.